The predicted molar refractivity (Wildman–Crippen MR) is 110 cm³/mol. The van der Waals surface area contributed by atoms with Gasteiger partial charge in [0.15, 0.2) is 5.11 Å². The zero-order chi connectivity index (χ0) is 18.4. The highest BCUT2D eigenvalue weighted by atomic mass is 32.1. The molecule has 0 radical (unpaired) electrons. The van der Waals surface area contributed by atoms with Gasteiger partial charge >= 0.3 is 0 Å². The number of benzene rings is 2. The van der Waals surface area contributed by atoms with Crippen molar-refractivity contribution in [2.24, 2.45) is 0 Å². The fraction of sp³-hybridized carbons (Fsp3) is 0.381. The molecule has 0 aliphatic carbocycles. The summed E-state index contributed by atoms with van der Waals surface area (Å²) in [7, 11) is 1.98. The summed E-state index contributed by atoms with van der Waals surface area (Å²) in [5.41, 5.74) is 3.56. The van der Waals surface area contributed by atoms with Gasteiger partial charge in [-0.05, 0) is 66.9 Å². The van der Waals surface area contributed by atoms with Crippen LogP contribution in [0, 0.1) is 5.82 Å². The van der Waals surface area contributed by atoms with Gasteiger partial charge in [-0.2, -0.15) is 0 Å². The Bertz CT molecular complexity index is 709. The summed E-state index contributed by atoms with van der Waals surface area (Å²) in [6.45, 7) is 3.68. The average molecular weight is 372 g/mol. The molecule has 2 aromatic rings. The van der Waals surface area contributed by atoms with Crippen LogP contribution in [-0.4, -0.2) is 30.1 Å². The van der Waals surface area contributed by atoms with E-state index in [2.05, 4.69) is 34.5 Å². The summed E-state index contributed by atoms with van der Waals surface area (Å²) in [6, 6.07) is 15.3. The molecule has 1 N–H and O–H groups in total. The summed E-state index contributed by atoms with van der Waals surface area (Å²) in [5.74, 6) is -0.221. The summed E-state index contributed by atoms with van der Waals surface area (Å²) in [6.07, 6.45) is 3.93. The molecule has 0 saturated carbocycles. The van der Waals surface area contributed by atoms with Gasteiger partial charge in [0.25, 0.3) is 0 Å². The van der Waals surface area contributed by atoms with Crippen molar-refractivity contribution in [2.45, 2.75) is 32.4 Å². The molecule has 1 aliphatic rings. The van der Waals surface area contributed by atoms with E-state index in [4.69, 9.17) is 12.2 Å². The second-order valence-corrected chi connectivity index (χ2v) is 7.24. The fourth-order valence-corrected chi connectivity index (χ4v) is 3.36. The summed E-state index contributed by atoms with van der Waals surface area (Å²) >= 11 is 5.46. The molecule has 0 bridgehead atoms. The molecule has 138 valence electrons. The summed E-state index contributed by atoms with van der Waals surface area (Å²) in [5, 5.41) is 3.92. The Morgan fingerprint density at radius 3 is 2.27 bits per heavy atom. The molecule has 1 saturated heterocycles. The van der Waals surface area contributed by atoms with Gasteiger partial charge in [0.05, 0.1) is 0 Å². The summed E-state index contributed by atoms with van der Waals surface area (Å²) in [4.78, 5) is 4.49. The molecule has 1 aliphatic heterocycles. The van der Waals surface area contributed by atoms with Crippen molar-refractivity contribution < 1.29 is 4.39 Å². The highest BCUT2D eigenvalue weighted by Gasteiger charge is 2.11. The highest BCUT2D eigenvalue weighted by molar-refractivity contribution is 7.80. The van der Waals surface area contributed by atoms with Gasteiger partial charge in [0.2, 0.25) is 0 Å². The molecule has 0 spiro atoms. The van der Waals surface area contributed by atoms with Crippen molar-refractivity contribution in [3.8, 4) is 0 Å². The molecular formula is C21H26FN3S. The number of nitrogens with zero attached hydrogens (tertiary/aromatic N) is 2. The Morgan fingerprint density at radius 2 is 1.62 bits per heavy atom. The zero-order valence-corrected chi connectivity index (χ0v) is 16.1. The van der Waals surface area contributed by atoms with Crippen molar-refractivity contribution in [3.05, 3.63) is 65.5 Å². The molecule has 3 nitrogen and oxygen atoms in total. The lowest BCUT2D eigenvalue weighted by molar-refractivity contribution is 0.488. The van der Waals surface area contributed by atoms with Crippen LogP contribution in [0.25, 0.3) is 0 Å². The minimum absolute atomic E-state index is 0.221. The minimum atomic E-state index is -0.221. The number of nitrogens with one attached hydrogen (secondary N) is 1. The maximum absolute atomic E-state index is 12.9. The molecule has 26 heavy (non-hydrogen) atoms. The van der Waals surface area contributed by atoms with Crippen molar-refractivity contribution in [2.75, 3.05) is 25.0 Å². The van der Waals surface area contributed by atoms with Crippen LogP contribution in [0.2, 0.25) is 0 Å². The molecule has 0 atom stereocenters. The second-order valence-electron chi connectivity index (χ2n) is 6.86. The third-order valence-corrected chi connectivity index (χ3v) is 5.24. The van der Waals surface area contributed by atoms with E-state index >= 15 is 0 Å². The molecule has 1 heterocycles. The van der Waals surface area contributed by atoms with Crippen molar-refractivity contribution >= 4 is 23.0 Å². The summed E-state index contributed by atoms with van der Waals surface area (Å²) < 4.78 is 12.9. The van der Waals surface area contributed by atoms with Crippen LogP contribution in [0.3, 0.4) is 0 Å². The Kier molecular flexibility index (Phi) is 6.45. The SMILES string of the molecule is CN(Cc1ccc(N2CCCCC2)cc1)C(=S)NCc1ccc(F)cc1. The van der Waals surface area contributed by atoms with Crippen LogP contribution in [-0.2, 0) is 13.1 Å². The van der Waals surface area contributed by atoms with E-state index in [0.717, 1.165) is 25.2 Å². The third kappa shape index (κ3) is 5.18. The topological polar surface area (TPSA) is 18.5 Å². The van der Waals surface area contributed by atoms with E-state index in [1.807, 2.05) is 11.9 Å². The van der Waals surface area contributed by atoms with Gasteiger partial charge in [-0.1, -0.05) is 24.3 Å². The average Bonchev–Trinajstić information content (AvgIpc) is 2.68. The van der Waals surface area contributed by atoms with Crippen molar-refractivity contribution in [1.29, 1.82) is 0 Å². The first-order valence-corrected chi connectivity index (χ1v) is 9.60. The molecule has 0 amide bonds. The monoisotopic (exact) mass is 371 g/mol. The van der Waals surface area contributed by atoms with Gasteiger partial charge in [-0.15, -0.1) is 0 Å². The number of anilines is 1. The van der Waals surface area contributed by atoms with E-state index in [0.29, 0.717) is 11.7 Å². The molecule has 5 heteroatoms. The van der Waals surface area contributed by atoms with Gasteiger partial charge in [-0.3, -0.25) is 0 Å². The maximum atomic E-state index is 12.9. The second kappa shape index (κ2) is 8.99. The van der Waals surface area contributed by atoms with Crippen molar-refractivity contribution in [3.63, 3.8) is 0 Å². The fourth-order valence-electron chi connectivity index (χ4n) is 3.22. The highest BCUT2D eigenvalue weighted by Crippen LogP contribution is 2.20. The lowest BCUT2D eigenvalue weighted by Crippen LogP contribution is -2.36. The lowest BCUT2D eigenvalue weighted by Gasteiger charge is -2.29. The van der Waals surface area contributed by atoms with E-state index in [9.17, 15) is 4.39 Å². The third-order valence-electron chi connectivity index (χ3n) is 4.78. The standard InChI is InChI=1S/C21H26FN3S/c1-24(21(26)23-15-17-5-9-19(22)10-6-17)16-18-7-11-20(12-8-18)25-13-3-2-4-14-25/h5-12H,2-4,13-16H2,1H3,(H,23,26). The molecule has 2 aromatic carbocycles. The molecular weight excluding hydrogens is 345 g/mol. The first-order valence-electron chi connectivity index (χ1n) is 9.19. The van der Waals surface area contributed by atoms with Gasteiger partial charge < -0.3 is 15.1 Å². The Labute approximate surface area is 160 Å². The first-order chi connectivity index (χ1) is 12.6. The van der Waals surface area contributed by atoms with Crippen LogP contribution < -0.4 is 10.2 Å². The Morgan fingerprint density at radius 1 is 1.00 bits per heavy atom. The van der Waals surface area contributed by atoms with Gasteiger partial charge in [0, 0.05) is 38.9 Å². The number of rotatable bonds is 5. The normalized spacial score (nSPS) is 14.2. The van der Waals surface area contributed by atoms with Crippen LogP contribution >= 0.6 is 12.2 Å². The quantitative estimate of drug-likeness (QED) is 0.789. The molecule has 0 unspecified atom stereocenters. The van der Waals surface area contributed by atoms with E-state index in [1.165, 1.54) is 42.6 Å². The number of hydrogen-bond acceptors (Lipinski definition) is 2. The van der Waals surface area contributed by atoms with Crippen LogP contribution in [0.15, 0.2) is 48.5 Å². The van der Waals surface area contributed by atoms with Crippen molar-refractivity contribution in [1.82, 2.24) is 10.2 Å². The van der Waals surface area contributed by atoms with E-state index < -0.39 is 0 Å². The van der Waals surface area contributed by atoms with Crippen LogP contribution in [0.1, 0.15) is 30.4 Å². The van der Waals surface area contributed by atoms with E-state index in [1.54, 1.807) is 12.1 Å². The number of hydrogen-bond donors (Lipinski definition) is 1. The van der Waals surface area contributed by atoms with Crippen LogP contribution in [0.4, 0.5) is 10.1 Å². The minimum Gasteiger partial charge on any atom is -0.372 e. The number of halogens is 1. The molecule has 0 aromatic heterocycles. The Hall–Kier alpha value is -2.14. The molecule has 1 fully saturated rings. The number of thiocarbonyl (C=S) groups is 1. The molecule has 3 rings (SSSR count). The maximum Gasteiger partial charge on any atom is 0.169 e. The van der Waals surface area contributed by atoms with Gasteiger partial charge in [0.1, 0.15) is 5.82 Å². The smallest absolute Gasteiger partial charge is 0.169 e. The number of piperidine rings is 1. The Balaban J connectivity index is 1.49. The largest absolute Gasteiger partial charge is 0.372 e. The predicted octanol–water partition coefficient (Wildman–Crippen LogP) is 4.32. The lowest BCUT2D eigenvalue weighted by atomic mass is 10.1. The van der Waals surface area contributed by atoms with Crippen LogP contribution in [0.5, 0.6) is 0 Å². The van der Waals surface area contributed by atoms with E-state index in [-0.39, 0.29) is 5.82 Å². The zero-order valence-electron chi connectivity index (χ0n) is 15.2. The van der Waals surface area contributed by atoms with Gasteiger partial charge in [-0.25, -0.2) is 4.39 Å². The first kappa shape index (κ1) is 18.6.